The summed E-state index contributed by atoms with van der Waals surface area (Å²) >= 11 is 1.39. The lowest BCUT2D eigenvalue weighted by molar-refractivity contribution is -0.228. The maximum atomic E-state index is 14.1. The van der Waals surface area contributed by atoms with Crippen LogP contribution in [0, 0.1) is 29.1 Å². The third-order valence-electron chi connectivity index (χ3n) is 22.2. The monoisotopic (exact) mass is 1590 g/mol. The van der Waals surface area contributed by atoms with E-state index in [0.29, 0.717) is 90.5 Å². The topological polar surface area (TPSA) is 438 Å². The molecule has 3 fully saturated rings. The van der Waals surface area contributed by atoms with Crippen molar-refractivity contribution in [2.24, 2.45) is 22.2 Å². The van der Waals surface area contributed by atoms with Crippen LogP contribution in [0.5, 0.6) is 0 Å². The van der Waals surface area contributed by atoms with Crippen molar-refractivity contribution >= 4 is 102 Å². The first-order valence-corrected chi connectivity index (χ1v) is 40.3. The van der Waals surface area contributed by atoms with Gasteiger partial charge in [0.2, 0.25) is 17.7 Å². The van der Waals surface area contributed by atoms with E-state index in [0.717, 1.165) is 75.4 Å². The number of ether oxygens (including phenoxy) is 3. The summed E-state index contributed by atoms with van der Waals surface area (Å²) in [5.41, 5.74) is 5.32. The number of unbranched alkanes of at least 4 members (excludes halogenated alkanes) is 2. The van der Waals surface area contributed by atoms with Gasteiger partial charge in [0.1, 0.15) is 42.8 Å². The van der Waals surface area contributed by atoms with Gasteiger partial charge in [0.25, 0.3) is 27.8 Å². The lowest BCUT2D eigenvalue weighted by Crippen LogP contribution is -2.59. The SMILES string of the molecule is Cc1c(-c2ccc(N3CCc4cccc(C(=O)Nc5nc6ccccc6s5)c4C3)nc2C(=O)O)cnn1CC12CCCC(C)(CC(C)(CCOCCN(CCS(=O)(=O)O)C(=O)OCc3ccc(NC(=O)[C@H](C)NC(=O)[C@@H](NC(=O)CCCCCN4C(=O)C=CC4=O)C(C)C)cc3CC[C@@H]3O[C@H](C(=O)O)[C@@H](O)[C@H](O)[C@H]3O)C1)C2. The first-order valence-electron chi connectivity index (χ1n) is 37.9. The number of imide groups is 1. The number of rotatable bonds is 34. The minimum absolute atomic E-state index is 0.0174. The molecular formula is C79H99N11O20S2. The van der Waals surface area contributed by atoms with E-state index in [1.165, 1.54) is 48.6 Å². The van der Waals surface area contributed by atoms with E-state index >= 15 is 0 Å². The quantitative estimate of drug-likeness (QED) is 0.0105. The fraction of sp³-hybridized carbons (Fsp3) is 0.519. The van der Waals surface area contributed by atoms with Gasteiger partial charge in [0.05, 0.1) is 34.9 Å². The molecule has 10 N–H and O–H groups in total. The van der Waals surface area contributed by atoms with E-state index in [-0.39, 0.29) is 79.1 Å². The number of fused-ring (bicyclic) bond motifs is 4. The fourth-order valence-corrected chi connectivity index (χ4v) is 18.1. The summed E-state index contributed by atoms with van der Waals surface area (Å²) in [6, 6.07) is 19.2. The Morgan fingerprint density at radius 1 is 0.812 bits per heavy atom. The molecule has 2 saturated carbocycles. The van der Waals surface area contributed by atoms with Crippen LogP contribution < -0.4 is 26.2 Å². The van der Waals surface area contributed by atoms with Crippen molar-refractivity contribution < 1.29 is 95.9 Å². The Labute approximate surface area is 652 Å². The van der Waals surface area contributed by atoms with Gasteiger partial charge in [0, 0.05) is 92.5 Å². The summed E-state index contributed by atoms with van der Waals surface area (Å²) in [6.45, 7) is 12.2. The molecule has 2 aliphatic carbocycles. The van der Waals surface area contributed by atoms with Gasteiger partial charge in [0.15, 0.2) is 16.9 Å². The van der Waals surface area contributed by atoms with Gasteiger partial charge < -0.3 is 65.5 Å². The first kappa shape index (κ1) is 83.3. The molecule has 2 bridgehead atoms. The number of nitrogens with one attached hydrogen (secondary N) is 4. The molecule has 5 aliphatic rings. The molecule has 3 aromatic carbocycles. The number of aromatic nitrogens is 4. The molecule has 7 amide bonds. The molecule has 0 spiro atoms. The van der Waals surface area contributed by atoms with Gasteiger partial charge >= 0.3 is 18.0 Å². The van der Waals surface area contributed by atoms with E-state index in [4.69, 9.17) is 24.3 Å². The third-order valence-corrected chi connectivity index (χ3v) is 23.8. The van der Waals surface area contributed by atoms with Crippen LogP contribution in [-0.2, 0) is 85.6 Å². The van der Waals surface area contributed by atoms with E-state index in [2.05, 4.69) is 40.1 Å². The number of amides is 7. The van der Waals surface area contributed by atoms with Crippen molar-refractivity contribution in [3.8, 4) is 11.1 Å². The van der Waals surface area contributed by atoms with Crippen molar-refractivity contribution in [2.45, 2.75) is 194 Å². The second-order valence-electron chi connectivity index (χ2n) is 31.3. The predicted molar refractivity (Wildman–Crippen MR) is 412 cm³/mol. The number of carbonyl (C=O) groups is 9. The molecule has 6 heterocycles. The Balaban J connectivity index is 0.706. The minimum Gasteiger partial charge on any atom is -0.479 e. The molecule has 3 unspecified atom stereocenters. The molecule has 3 aliphatic heterocycles. The Morgan fingerprint density at radius 3 is 2.31 bits per heavy atom. The van der Waals surface area contributed by atoms with Crippen LogP contribution in [0.4, 0.5) is 21.4 Å². The molecule has 6 aromatic rings. The molecule has 10 atom stereocenters. The summed E-state index contributed by atoms with van der Waals surface area (Å²) < 4.78 is 54.7. The zero-order valence-electron chi connectivity index (χ0n) is 63.6. The van der Waals surface area contributed by atoms with Crippen LogP contribution in [0.1, 0.15) is 160 Å². The molecule has 0 radical (unpaired) electrons. The summed E-state index contributed by atoms with van der Waals surface area (Å²) in [5, 5.41) is 69.0. The molecule has 602 valence electrons. The van der Waals surface area contributed by atoms with E-state index < -0.39 is 125 Å². The lowest BCUT2D eigenvalue weighted by Gasteiger charge is -2.58. The van der Waals surface area contributed by atoms with Crippen LogP contribution in [0.15, 0.2) is 91.1 Å². The average Bonchev–Trinajstić information content (AvgIpc) is 1.12. The zero-order chi connectivity index (χ0) is 80.6. The van der Waals surface area contributed by atoms with Gasteiger partial charge in [-0.2, -0.15) is 13.5 Å². The van der Waals surface area contributed by atoms with Crippen molar-refractivity contribution in [1.82, 2.24) is 40.2 Å². The van der Waals surface area contributed by atoms with Crippen molar-refractivity contribution in [3.05, 3.63) is 130 Å². The lowest BCUT2D eigenvalue weighted by atomic mass is 9.48. The predicted octanol–water partition coefficient (Wildman–Crippen LogP) is 7.61. The maximum absolute atomic E-state index is 14.1. The summed E-state index contributed by atoms with van der Waals surface area (Å²) in [6.07, 6.45) is 2.44. The average molecular weight is 1590 g/mol. The molecule has 31 nitrogen and oxygen atoms in total. The second kappa shape index (κ2) is 35.6. The van der Waals surface area contributed by atoms with E-state index in [9.17, 15) is 81.7 Å². The third kappa shape index (κ3) is 20.4. The summed E-state index contributed by atoms with van der Waals surface area (Å²) in [7, 11) is -4.59. The molecule has 11 rings (SSSR count). The number of aliphatic hydroxyl groups is 3. The van der Waals surface area contributed by atoms with Gasteiger partial charge in [-0.15, -0.1) is 0 Å². The smallest absolute Gasteiger partial charge is 0.410 e. The Kier molecular flexibility index (Phi) is 26.5. The second-order valence-corrected chi connectivity index (χ2v) is 33.9. The number of hydrogen-bond acceptors (Lipinski definition) is 22. The number of aromatic carboxylic acids is 1. The van der Waals surface area contributed by atoms with Crippen molar-refractivity contribution in [2.75, 3.05) is 60.7 Å². The number of aliphatic hydroxyl groups excluding tert-OH is 3. The van der Waals surface area contributed by atoms with Crippen LogP contribution in [-0.4, -0.2) is 209 Å². The first-order chi connectivity index (χ1) is 53.2. The molecule has 1 saturated heterocycles. The van der Waals surface area contributed by atoms with Gasteiger partial charge in [-0.3, -0.25) is 48.2 Å². The highest BCUT2D eigenvalue weighted by Crippen LogP contribution is 2.63. The largest absolute Gasteiger partial charge is 0.479 e. The number of carboxylic acids is 2. The fourth-order valence-electron chi connectivity index (χ4n) is 16.8. The minimum atomic E-state index is -4.59. The molecular weight excluding hydrogens is 1490 g/mol. The number of benzene rings is 3. The molecule has 112 heavy (non-hydrogen) atoms. The number of nitrogens with zero attached hydrogens (tertiary/aromatic N) is 7. The normalized spacial score (nSPS) is 22.8. The number of aryl methyl sites for hydroxylation is 1. The summed E-state index contributed by atoms with van der Waals surface area (Å²) in [5.74, 6) is -6.39. The maximum Gasteiger partial charge on any atom is 0.410 e. The Hall–Kier alpha value is -9.61. The van der Waals surface area contributed by atoms with E-state index in [1.54, 1.807) is 32.2 Å². The van der Waals surface area contributed by atoms with Gasteiger partial charge in [-0.1, -0.05) is 82.2 Å². The molecule has 33 heteroatoms. The Bertz CT molecular complexity index is 4630. The highest BCUT2D eigenvalue weighted by molar-refractivity contribution is 7.85. The number of aliphatic carboxylic acids is 1. The summed E-state index contributed by atoms with van der Waals surface area (Å²) in [4.78, 5) is 131. The number of hydrogen-bond donors (Lipinski definition) is 10. The standard InChI is InChI=1S/C79H99N11O20S2/c1-46(2)64(85-61(91)18-8-7-11-31-89-62(92)25-26-63(89)93)72(99)81-47(3)70(97)82-52-21-19-51(50(38-52)20-23-58-66(94)67(95)68(96)69(110-58)74(102)103)41-109-76(104)87(34-37-112(105,106)107)33-36-108-35-30-78(6)42-77(5)28-13-29-79(43-77,44-78)45-90-48(4)55(39-80-90)53-22-24-60(84-65(53)73(100)101)88-32-27-49-14-12-15-54(56(49)40-88)71(98)86-75-83-57-16-9-10-17-59(57)111-75/h9-10,12,14-17,19,21-22,24-26,38-39,46-47,58,64,66-69,94-96H,7-8,11,13,18,20,23,27-37,40-45H2,1-6H3,(H,81,99)(H,82,97)(H,85,91)(H,100,101)(H,102,103)(H,83,86,98)(H,105,106,107)/t47-,58-,64-,66-,67+,68-,69-,77?,78?,79?/m0/s1. The Morgan fingerprint density at radius 2 is 1.58 bits per heavy atom. The number of anilines is 3. The number of pyridine rings is 1. The van der Waals surface area contributed by atoms with Crippen LogP contribution in [0.25, 0.3) is 21.3 Å². The van der Waals surface area contributed by atoms with Crippen LogP contribution in [0.3, 0.4) is 0 Å². The highest BCUT2D eigenvalue weighted by atomic mass is 32.2. The van der Waals surface area contributed by atoms with Crippen molar-refractivity contribution in [3.63, 3.8) is 0 Å². The highest BCUT2D eigenvalue weighted by Gasteiger charge is 2.53. The zero-order valence-corrected chi connectivity index (χ0v) is 65.2. The van der Waals surface area contributed by atoms with Crippen LogP contribution in [0.2, 0.25) is 0 Å². The number of thiazole rings is 1. The van der Waals surface area contributed by atoms with Gasteiger partial charge in [-0.25, -0.2) is 24.4 Å². The number of para-hydroxylation sites is 1. The van der Waals surface area contributed by atoms with Crippen molar-refractivity contribution in [1.29, 1.82) is 0 Å². The van der Waals surface area contributed by atoms with Crippen LogP contribution >= 0.6 is 11.3 Å². The number of carboxylic acid groups (broad SMARTS) is 2. The molecule has 3 aromatic heterocycles. The van der Waals surface area contributed by atoms with E-state index in [1.807, 2.05) is 59.0 Å². The van der Waals surface area contributed by atoms with Gasteiger partial charge in [-0.05, 0) is 171 Å². The number of carbonyl (C=O) groups excluding carboxylic acids is 7.